The van der Waals surface area contributed by atoms with Crippen molar-refractivity contribution in [3.8, 4) is 11.9 Å². The first-order valence-corrected chi connectivity index (χ1v) is 9.74. The standard InChI is InChI=1S/C23H19N5O2/c1-2-17-19-21(27-26-17)30-20(25)16(12-24)23(19)15-10-6-7-11-18(15)28(22(23)29)13-14-8-4-3-5-9-14/h3-11H,2,13,25H2,1H3,(H,26,27)/t23-/m1/s1. The number of para-hydroxylation sites is 1. The highest BCUT2D eigenvalue weighted by Crippen LogP contribution is 2.55. The van der Waals surface area contributed by atoms with Crippen LogP contribution in [0, 0.1) is 11.3 Å². The highest BCUT2D eigenvalue weighted by molar-refractivity contribution is 6.14. The van der Waals surface area contributed by atoms with Gasteiger partial charge >= 0.3 is 0 Å². The summed E-state index contributed by atoms with van der Waals surface area (Å²) < 4.78 is 5.64. The van der Waals surface area contributed by atoms with E-state index in [1.165, 1.54) is 0 Å². The topological polar surface area (TPSA) is 108 Å². The molecule has 148 valence electrons. The lowest BCUT2D eigenvalue weighted by molar-refractivity contribution is -0.121. The number of carbonyl (C=O) groups excluding carboxylic acids is 1. The van der Waals surface area contributed by atoms with E-state index in [-0.39, 0.29) is 23.2 Å². The van der Waals surface area contributed by atoms with Crippen molar-refractivity contribution in [2.45, 2.75) is 25.3 Å². The maximum absolute atomic E-state index is 14.2. The molecule has 0 radical (unpaired) electrons. The molecule has 3 heterocycles. The predicted octanol–water partition coefficient (Wildman–Crippen LogP) is 2.89. The van der Waals surface area contributed by atoms with Crippen LogP contribution in [0.2, 0.25) is 0 Å². The van der Waals surface area contributed by atoms with Crippen LogP contribution in [-0.2, 0) is 23.2 Å². The maximum atomic E-state index is 14.2. The Bertz CT molecular complexity index is 1240. The molecule has 0 saturated carbocycles. The second-order valence-electron chi connectivity index (χ2n) is 7.33. The van der Waals surface area contributed by atoms with Gasteiger partial charge in [0.05, 0.1) is 12.1 Å². The number of nitriles is 1. The molecule has 0 aliphatic carbocycles. The Morgan fingerprint density at radius 1 is 1.20 bits per heavy atom. The molecule has 2 aromatic carbocycles. The molecular formula is C23H19N5O2. The van der Waals surface area contributed by atoms with Gasteiger partial charge in [-0.05, 0) is 18.1 Å². The van der Waals surface area contributed by atoms with E-state index >= 15 is 0 Å². The van der Waals surface area contributed by atoms with E-state index in [2.05, 4.69) is 16.3 Å². The molecule has 0 saturated heterocycles. The Morgan fingerprint density at radius 2 is 1.93 bits per heavy atom. The predicted molar refractivity (Wildman–Crippen MR) is 110 cm³/mol. The zero-order chi connectivity index (χ0) is 20.9. The first-order chi connectivity index (χ1) is 14.6. The lowest BCUT2D eigenvalue weighted by Gasteiger charge is -2.32. The van der Waals surface area contributed by atoms with Gasteiger partial charge in [-0.1, -0.05) is 55.5 Å². The van der Waals surface area contributed by atoms with Crippen molar-refractivity contribution in [3.63, 3.8) is 0 Å². The van der Waals surface area contributed by atoms with E-state index < -0.39 is 5.41 Å². The summed E-state index contributed by atoms with van der Waals surface area (Å²) in [6.07, 6.45) is 0.597. The Hall–Kier alpha value is -4.05. The minimum Gasteiger partial charge on any atom is -0.420 e. The molecule has 1 atom stereocenters. The number of anilines is 1. The number of amides is 1. The third-order valence-corrected chi connectivity index (χ3v) is 5.82. The average molecular weight is 397 g/mol. The molecule has 7 nitrogen and oxygen atoms in total. The highest BCUT2D eigenvalue weighted by atomic mass is 16.5. The smallest absolute Gasteiger partial charge is 0.248 e. The minimum atomic E-state index is -1.38. The number of nitrogens with one attached hydrogen (secondary N) is 1. The molecule has 2 aliphatic heterocycles. The first kappa shape index (κ1) is 18.0. The van der Waals surface area contributed by atoms with Gasteiger partial charge in [0.15, 0.2) is 0 Å². The van der Waals surface area contributed by atoms with E-state index in [0.717, 1.165) is 16.9 Å². The number of nitrogens with zero attached hydrogens (tertiary/aromatic N) is 3. The van der Waals surface area contributed by atoms with Crippen LogP contribution in [0.15, 0.2) is 66.1 Å². The van der Waals surface area contributed by atoms with Crippen LogP contribution in [0.1, 0.15) is 29.3 Å². The molecule has 1 spiro atoms. The monoisotopic (exact) mass is 397 g/mol. The Balaban J connectivity index is 1.81. The minimum absolute atomic E-state index is 0.0936. The zero-order valence-electron chi connectivity index (χ0n) is 16.3. The number of aromatic amines is 1. The molecule has 30 heavy (non-hydrogen) atoms. The molecule has 2 aliphatic rings. The normalized spacial score (nSPS) is 19.5. The van der Waals surface area contributed by atoms with Gasteiger partial charge in [0, 0.05) is 16.9 Å². The lowest BCUT2D eigenvalue weighted by atomic mass is 9.69. The zero-order valence-corrected chi connectivity index (χ0v) is 16.3. The number of rotatable bonds is 3. The molecule has 1 aromatic heterocycles. The van der Waals surface area contributed by atoms with E-state index in [1.807, 2.05) is 61.5 Å². The summed E-state index contributed by atoms with van der Waals surface area (Å²) in [4.78, 5) is 15.9. The third-order valence-electron chi connectivity index (χ3n) is 5.82. The van der Waals surface area contributed by atoms with Gasteiger partial charge in [-0.2, -0.15) is 5.26 Å². The summed E-state index contributed by atoms with van der Waals surface area (Å²) in [6, 6.07) is 19.5. The number of aromatic nitrogens is 2. The van der Waals surface area contributed by atoms with Gasteiger partial charge in [0.25, 0.3) is 0 Å². The van der Waals surface area contributed by atoms with Crippen LogP contribution in [-0.4, -0.2) is 16.1 Å². The molecule has 1 amide bonds. The molecule has 3 aromatic rings. The number of benzene rings is 2. The van der Waals surface area contributed by atoms with Gasteiger partial charge in [-0.15, -0.1) is 5.10 Å². The summed E-state index contributed by atoms with van der Waals surface area (Å²) in [7, 11) is 0. The molecule has 5 rings (SSSR count). The van der Waals surface area contributed by atoms with Gasteiger partial charge in [0.2, 0.25) is 17.7 Å². The van der Waals surface area contributed by atoms with Crippen LogP contribution in [0.5, 0.6) is 5.88 Å². The van der Waals surface area contributed by atoms with Crippen LogP contribution >= 0.6 is 0 Å². The van der Waals surface area contributed by atoms with Crippen LogP contribution in [0.4, 0.5) is 5.69 Å². The first-order valence-electron chi connectivity index (χ1n) is 9.74. The van der Waals surface area contributed by atoms with Crippen molar-refractivity contribution >= 4 is 11.6 Å². The summed E-state index contributed by atoms with van der Waals surface area (Å²) in [5.41, 5.74) is 8.63. The second kappa shape index (κ2) is 6.49. The Labute approximate surface area is 173 Å². The van der Waals surface area contributed by atoms with Crippen molar-refractivity contribution in [1.29, 1.82) is 5.26 Å². The van der Waals surface area contributed by atoms with Crippen LogP contribution in [0.25, 0.3) is 0 Å². The number of hydrogen-bond acceptors (Lipinski definition) is 5. The molecule has 0 fully saturated rings. The lowest BCUT2D eigenvalue weighted by Crippen LogP contribution is -2.46. The molecule has 0 unspecified atom stereocenters. The maximum Gasteiger partial charge on any atom is 0.248 e. The van der Waals surface area contributed by atoms with Gasteiger partial charge in [-0.25, -0.2) is 0 Å². The van der Waals surface area contributed by atoms with Crippen molar-refractivity contribution in [1.82, 2.24) is 10.2 Å². The fourth-order valence-electron chi connectivity index (χ4n) is 4.54. The quantitative estimate of drug-likeness (QED) is 0.706. The molecule has 3 N–H and O–H groups in total. The summed E-state index contributed by atoms with van der Waals surface area (Å²) >= 11 is 0. The van der Waals surface area contributed by atoms with E-state index in [0.29, 0.717) is 24.1 Å². The number of aryl methyl sites for hydroxylation is 1. The number of carbonyl (C=O) groups is 1. The molecular weight excluding hydrogens is 378 g/mol. The van der Waals surface area contributed by atoms with Gasteiger partial charge in [0.1, 0.15) is 17.1 Å². The Kier molecular flexibility index (Phi) is 3.90. The SMILES string of the molecule is CCc1[nH]nc2c1[C@]1(C(=O)N(Cc3ccccc3)c3ccccc31)C(C#N)=C(N)O2. The van der Waals surface area contributed by atoms with Gasteiger partial charge in [-0.3, -0.25) is 9.89 Å². The van der Waals surface area contributed by atoms with Crippen molar-refractivity contribution in [2.24, 2.45) is 5.73 Å². The summed E-state index contributed by atoms with van der Waals surface area (Å²) in [6.45, 7) is 2.34. The number of hydrogen-bond donors (Lipinski definition) is 2. The molecule has 7 heteroatoms. The summed E-state index contributed by atoms with van der Waals surface area (Å²) in [5.74, 6) is -0.0790. The van der Waals surface area contributed by atoms with Crippen LogP contribution in [0.3, 0.4) is 0 Å². The largest absolute Gasteiger partial charge is 0.420 e. The number of H-pyrrole nitrogens is 1. The third kappa shape index (κ3) is 2.19. The van der Waals surface area contributed by atoms with Crippen molar-refractivity contribution < 1.29 is 9.53 Å². The fraction of sp³-hybridized carbons (Fsp3) is 0.174. The van der Waals surface area contributed by atoms with Gasteiger partial charge < -0.3 is 15.4 Å². The van der Waals surface area contributed by atoms with Crippen molar-refractivity contribution in [3.05, 3.63) is 88.4 Å². The van der Waals surface area contributed by atoms with E-state index in [4.69, 9.17) is 10.5 Å². The van der Waals surface area contributed by atoms with Crippen molar-refractivity contribution in [2.75, 3.05) is 4.90 Å². The average Bonchev–Trinajstić information content (AvgIpc) is 3.28. The summed E-state index contributed by atoms with van der Waals surface area (Å²) in [5, 5.41) is 17.3. The fourth-order valence-corrected chi connectivity index (χ4v) is 4.54. The number of fused-ring (bicyclic) bond motifs is 4. The second-order valence-corrected chi connectivity index (χ2v) is 7.33. The van der Waals surface area contributed by atoms with E-state index in [1.54, 1.807) is 4.90 Å². The number of nitrogens with two attached hydrogens (primary N) is 1. The number of ether oxygens (including phenoxy) is 1. The van der Waals surface area contributed by atoms with Crippen LogP contribution < -0.4 is 15.4 Å². The molecule has 0 bridgehead atoms. The Morgan fingerprint density at radius 3 is 2.67 bits per heavy atom. The highest BCUT2D eigenvalue weighted by Gasteiger charge is 2.60. The van der Waals surface area contributed by atoms with E-state index in [9.17, 15) is 10.1 Å².